The van der Waals surface area contributed by atoms with Crippen molar-refractivity contribution in [2.75, 3.05) is 20.3 Å². The van der Waals surface area contributed by atoms with E-state index < -0.39 is 5.82 Å². The van der Waals surface area contributed by atoms with Gasteiger partial charge >= 0.3 is 0 Å². The number of nitrogens with one attached hydrogen (secondary N) is 1. The molecule has 0 aliphatic rings. The fourth-order valence-electron chi connectivity index (χ4n) is 2.11. The molecule has 0 atom stereocenters. The smallest absolute Gasteiger partial charge is 0.140 e. The molecule has 4 nitrogen and oxygen atoms in total. The van der Waals surface area contributed by atoms with Crippen molar-refractivity contribution >= 4 is 0 Å². The Morgan fingerprint density at radius 2 is 2.24 bits per heavy atom. The van der Waals surface area contributed by atoms with Crippen LogP contribution in [0.3, 0.4) is 0 Å². The van der Waals surface area contributed by atoms with Crippen LogP contribution in [0.5, 0.6) is 0 Å². The number of nitriles is 1. The molecule has 1 N–H and O–H groups in total. The Kier molecular flexibility index (Phi) is 5.50. The van der Waals surface area contributed by atoms with Gasteiger partial charge in [0.2, 0.25) is 0 Å². The lowest BCUT2D eigenvalue weighted by Gasteiger charge is -2.11. The Morgan fingerprint density at radius 3 is 3.00 bits per heavy atom. The van der Waals surface area contributed by atoms with E-state index in [0.29, 0.717) is 13.2 Å². The summed E-state index contributed by atoms with van der Waals surface area (Å²) in [5, 5.41) is 12.2. The Bertz CT molecular complexity index is 631. The number of hydrogen-bond acceptors (Lipinski definition) is 3. The van der Waals surface area contributed by atoms with Crippen LogP contribution in [0.25, 0.3) is 0 Å². The highest BCUT2D eigenvalue weighted by atomic mass is 19.1. The molecule has 0 bridgehead atoms. The average molecular weight is 287 g/mol. The quantitative estimate of drug-likeness (QED) is 0.795. The molecule has 0 aliphatic carbocycles. The maximum atomic E-state index is 13.3. The molecule has 0 saturated heterocycles. The van der Waals surface area contributed by atoms with Gasteiger partial charge < -0.3 is 14.6 Å². The first-order chi connectivity index (χ1) is 10.2. The molecule has 0 amide bonds. The second-order valence-electron chi connectivity index (χ2n) is 4.72. The van der Waals surface area contributed by atoms with Gasteiger partial charge in [-0.05, 0) is 29.8 Å². The normalized spacial score (nSPS) is 10.5. The Hall–Kier alpha value is -2.16. The molecule has 2 rings (SSSR count). The van der Waals surface area contributed by atoms with E-state index in [-0.39, 0.29) is 5.56 Å². The minimum absolute atomic E-state index is 0.0828. The van der Waals surface area contributed by atoms with Crippen LogP contribution in [0.1, 0.15) is 16.8 Å². The molecule has 21 heavy (non-hydrogen) atoms. The summed E-state index contributed by atoms with van der Waals surface area (Å²) in [5.41, 5.74) is 2.12. The molecule has 0 fully saturated rings. The molecule has 1 heterocycles. The van der Waals surface area contributed by atoms with Gasteiger partial charge in [-0.15, -0.1) is 0 Å². The third-order valence-corrected chi connectivity index (χ3v) is 3.22. The van der Waals surface area contributed by atoms with Crippen molar-refractivity contribution in [3.63, 3.8) is 0 Å². The second kappa shape index (κ2) is 7.58. The first-order valence-corrected chi connectivity index (χ1v) is 6.77. The SMILES string of the molecule is COCCNCc1cccn1Cc1ccc(F)c(C#N)c1. The number of methoxy groups -OCH3 is 1. The summed E-state index contributed by atoms with van der Waals surface area (Å²) in [6.07, 6.45) is 1.97. The maximum Gasteiger partial charge on any atom is 0.140 e. The second-order valence-corrected chi connectivity index (χ2v) is 4.72. The van der Waals surface area contributed by atoms with Crippen molar-refractivity contribution in [3.05, 3.63) is 59.2 Å². The Labute approximate surface area is 123 Å². The predicted molar refractivity (Wildman–Crippen MR) is 78.2 cm³/mol. The molecular formula is C16H18FN3O. The standard InChI is InChI=1S/C16H18FN3O/c1-21-8-6-19-11-15-3-2-7-20(15)12-13-4-5-16(17)14(9-13)10-18/h2-5,7,9,19H,6,8,11-12H2,1H3. The van der Waals surface area contributed by atoms with E-state index >= 15 is 0 Å². The molecule has 0 aliphatic heterocycles. The van der Waals surface area contributed by atoms with E-state index in [1.165, 1.54) is 6.07 Å². The van der Waals surface area contributed by atoms with Crippen LogP contribution < -0.4 is 5.32 Å². The Balaban J connectivity index is 2.03. The molecular weight excluding hydrogens is 269 g/mol. The van der Waals surface area contributed by atoms with E-state index in [0.717, 1.165) is 24.3 Å². The lowest BCUT2D eigenvalue weighted by atomic mass is 10.1. The van der Waals surface area contributed by atoms with Gasteiger partial charge in [-0.3, -0.25) is 0 Å². The molecule has 1 aromatic carbocycles. The van der Waals surface area contributed by atoms with Gasteiger partial charge in [0.25, 0.3) is 0 Å². The van der Waals surface area contributed by atoms with E-state index in [1.54, 1.807) is 19.2 Å². The fraction of sp³-hybridized carbons (Fsp3) is 0.312. The van der Waals surface area contributed by atoms with Crippen molar-refractivity contribution in [1.29, 1.82) is 5.26 Å². The van der Waals surface area contributed by atoms with Crippen LogP contribution in [0, 0.1) is 17.1 Å². The van der Waals surface area contributed by atoms with Crippen molar-refractivity contribution in [1.82, 2.24) is 9.88 Å². The summed E-state index contributed by atoms with van der Waals surface area (Å²) in [4.78, 5) is 0. The van der Waals surface area contributed by atoms with E-state index in [9.17, 15) is 4.39 Å². The molecule has 0 radical (unpaired) electrons. The molecule has 1 aromatic heterocycles. The molecule has 0 unspecified atom stereocenters. The van der Waals surface area contributed by atoms with Gasteiger partial charge in [-0.2, -0.15) is 5.26 Å². The van der Waals surface area contributed by atoms with Crippen molar-refractivity contribution in [2.45, 2.75) is 13.1 Å². The average Bonchev–Trinajstić information content (AvgIpc) is 2.93. The van der Waals surface area contributed by atoms with Crippen LogP contribution in [0.2, 0.25) is 0 Å². The number of rotatable bonds is 7. The number of hydrogen-bond donors (Lipinski definition) is 1. The zero-order valence-electron chi connectivity index (χ0n) is 12.0. The lowest BCUT2D eigenvalue weighted by Crippen LogP contribution is -2.20. The van der Waals surface area contributed by atoms with Crippen LogP contribution in [-0.2, 0) is 17.8 Å². The summed E-state index contributed by atoms with van der Waals surface area (Å²) < 4.78 is 20.4. The van der Waals surface area contributed by atoms with Crippen molar-refractivity contribution in [2.24, 2.45) is 0 Å². The largest absolute Gasteiger partial charge is 0.383 e. The van der Waals surface area contributed by atoms with Gasteiger partial charge in [0.1, 0.15) is 11.9 Å². The number of ether oxygens (including phenoxy) is 1. The van der Waals surface area contributed by atoms with Crippen LogP contribution in [-0.4, -0.2) is 24.8 Å². The summed E-state index contributed by atoms with van der Waals surface area (Å²) in [6.45, 7) is 2.81. The minimum Gasteiger partial charge on any atom is -0.383 e. The van der Waals surface area contributed by atoms with Crippen LogP contribution >= 0.6 is 0 Å². The van der Waals surface area contributed by atoms with E-state index in [2.05, 4.69) is 9.88 Å². The Morgan fingerprint density at radius 1 is 1.38 bits per heavy atom. The van der Waals surface area contributed by atoms with Gasteiger partial charge in [0, 0.05) is 38.6 Å². The van der Waals surface area contributed by atoms with Crippen LogP contribution in [0.4, 0.5) is 4.39 Å². The van der Waals surface area contributed by atoms with Gasteiger partial charge in [0.15, 0.2) is 0 Å². The maximum absolute atomic E-state index is 13.3. The van der Waals surface area contributed by atoms with Gasteiger partial charge in [-0.1, -0.05) is 6.07 Å². The summed E-state index contributed by atoms with van der Waals surface area (Å²) in [5.74, 6) is -0.477. The monoisotopic (exact) mass is 287 g/mol. The third-order valence-electron chi connectivity index (χ3n) is 3.22. The van der Waals surface area contributed by atoms with E-state index in [4.69, 9.17) is 10.00 Å². The van der Waals surface area contributed by atoms with Crippen molar-refractivity contribution < 1.29 is 9.13 Å². The lowest BCUT2D eigenvalue weighted by molar-refractivity contribution is 0.199. The molecule has 5 heteroatoms. The molecule has 0 saturated carbocycles. The number of halogens is 1. The van der Waals surface area contributed by atoms with E-state index in [1.807, 2.05) is 24.4 Å². The highest BCUT2D eigenvalue weighted by Gasteiger charge is 2.05. The zero-order valence-corrected chi connectivity index (χ0v) is 12.0. The summed E-state index contributed by atoms with van der Waals surface area (Å²) >= 11 is 0. The van der Waals surface area contributed by atoms with Crippen molar-refractivity contribution in [3.8, 4) is 6.07 Å². The fourth-order valence-corrected chi connectivity index (χ4v) is 2.11. The van der Waals surface area contributed by atoms with Crippen LogP contribution in [0.15, 0.2) is 36.5 Å². The minimum atomic E-state index is -0.477. The number of nitrogens with zero attached hydrogens (tertiary/aromatic N) is 2. The molecule has 0 spiro atoms. The molecule has 2 aromatic rings. The number of benzene rings is 1. The highest BCUT2D eigenvalue weighted by Crippen LogP contribution is 2.12. The third kappa shape index (κ3) is 4.15. The summed E-state index contributed by atoms with van der Waals surface area (Å²) in [7, 11) is 1.67. The van der Waals surface area contributed by atoms with Gasteiger partial charge in [-0.25, -0.2) is 4.39 Å². The topological polar surface area (TPSA) is 50.0 Å². The zero-order chi connectivity index (χ0) is 15.1. The first kappa shape index (κ1) is 15.2. The summed E-state index contributed by atoms with van der Waals surface area (Å²) in [6, 6.07) is 10.5. The first-order valence-electron chi connectivity index (χ1n) is 6.77. The van der Waals surface area contributed by atoms with Gasteiger partial charge in [0.05, 0.1) is 12.2 Å². The number of aromatic nitrogens is 1. The highest BCUT2D eigenvalue weighted by molar-refractivity contribution is 5.34. The predicted octanol–water partition coefficient (Wildman–Crippen LogP) is 2.28. The molecule has 110 valence electrons.